The lowest BCUT2D eigenvalue weighted by Crippen LogP contribution is -2.23. The van der Waals surface area contributed by atoms with Crippen molar-refractivity contribution in [2.75, 3.05) is 11.3 Å². The molecule has 0 heterocycles. The molecule has 0 saturated carbocycles. The number of hydrogen-bond acceptors (Lipinski definition) is 3. The molecule has 0 bridgehead atoms. The summed E-state index contributed by atoms with van der Waals surface area (Å²) >= 11 is 6.05. The highest BCUT2D eigenvalue weighted by Gasteiger charge is 2.21. The number of benzene rings is 2. The molecule has 5 nitrogen and oxygen atoms in total. The van der Waals surface area contributed by atoms with Gasteiger partial charge in [0.25, 0.3) is 15.9 Å². The van der Waals surface area contributed by atoms with Crippen LogP contribution < -0.4 is 10.0 Å². The standard InChI is InChI=1S/C17H19ClN2O3S/c1-4-19-17(21)13-8-9-14(18)16(10-13)24(22,23)20-15-7-5-6-11(2)12(15)3/h5-10,20H,4H2,1-3H3,(H,19,21). The fourth-order valence-electron chi connectivity index (χ4n) is 2.17. The summed E-state index contributed by atoms with van der Waals surface area (Å²) in [6.45, 7) is 5.97. The molecule has 2 aromatic rings. The predicted molar refractivity (Wildman–Crippen MR) is 96.2 cm³/mol. The van der Waals surface area contributed by atoms with E-state index in [9.17, 15) is 13.2 Å². The molecule has 0 aliphatic carbocycles. The Bertz CT molecular complexity index is 879. The van der Waals surface area contributed by atoms with E-state index in [1.165, 1.54) is 18.2 Å². The van der Waals surface area contributed by atoms with Crippen molar-refractivity contribution in [3.05, 3.63) is 58.1 Å². The topological polar surface area (TPSA) is 75.3 Å². The number of nitrogens with one attached hydrogen (secondary N) is 2. The molecule has 0 fully saturated rings. The van der Waals surface area contributed by atoms with Crippen LogP contribution in [0.2, 0.25) is 5.02 Å². The zero-order valence-corrected chi connectivity index (χ0v) is 15.3. The molecule has 2 rings (SSSR count). The molecule has 0 aromatic heterocycles. The number of halogens is 1. The minimum absolute atomic E-state index is 0.0563. The zero-order valence-electron chi connectivity index (χ0n) is 13.7. The molecular weight excluding hydrogens is 348 g/mol. The summed E-state index contributed by atoms with van der Waals surface area (Å²) in [4.78, 5) is 11.8. The number of carbonyl (C=O) groups excluding carboxylic acids is 1. The number of aryl methyl sites for hydroxylation is 1. The minimum Gasteiger partial charge on any atom is -0.352 e. The molecule has 0 radical (unpaired) electrons. The Morgan fingerprint density at radius 1 is 1.17 bits per heavy atom. The van der Waals surface area contributed by atoms with Gasteiger partial charge in [0.05, 0.1) is 10.7 Å². The first kappa shape index (κ1) is 18.3. The fraction of sp³-hybridized carbons (Fsp3) is 0.235. The number of rotatable bonds is 5. The van der Waals surface area contributed by atoms with Gasteiger partial charge in [0.15, 0.2) is 0 Å². The molecule has 7 heteroatoms. The summed E-state index contributed by atoms with van der Waals surface area (Å²) in [5.74, 6) is -0.350. The van der Waals surface area contributed by atoms with E-state index in [0.717, 1.165) is 11.1 Å². The predicted octanol–water partition coefficient (Wildman–Crippen LogP) is 3.51. The normalized spacial score (nSPS) is 11.2. The zero-order chi connectivity index (χ0) is 17.9. The van der Waals surface area contributed by atoms with E-state index in [2.05, 4.69) is 10.0 Å². The second kappa shape index (κ2) is 7.23. The largest absolute Gasteiger partial charge is 0.352 e. The van der Waals surface area contributed by atoms with Gasteiger partial charge < -0.3 is 5.32 Å². The Morgan fingerprint density at radius 2 is 1.88 bits per heavy atom. The van der Waals surface area contributed by atoms with Crippen molar-refractivity contribution in [1.29, 1.82) is 0 Å². The number of hydrogen-bond donors (Lipinski definition) is 2. The van der Waals surface area contributed by atoms with Gasteiger partial charge in [0.2, 0.25) is 0 Å². The second-order valence-corrected chi connectivity index (χ2v) is 7.42. The van der Waals surface area contributed by atoms with Gasteiger partial charge in [0.1, 0.15) is 4.90 Å². The summed E-state index contributed by atoms with van der Waals surface area (Å²) in [5, 5.41) is 2.69. The molecular formula is C17H19ClN2O3S. The highest BCUT2D eigenvalue weighted by molar-refractivity contribution is 7.92. The lowest BCUT2D eigenvalue weighted by atomic mass is 10.1. The van der Waals surface area contributed by atoms with Crippen molar-refractivity contribution < 1.29 is 13.2 Å². The van der Waals surface area contributed by atoms with Crippen molar-refractivity contribution in [2.24, 2.45) is 0 Å². The van der Waals surface area contributed by atoms with E-state index in [1.54, 1.807) is 19.1 Å². The smallest absolute Gasteiger partial charge is 0.263 e. The van der Waals surface area contributed by atoms with Crippen LogP contribution in [0.1, 0.15) is 28.4 Å². The minimum atomic E-state index is -3.92. The first-order valence-electron chi connectivity index (χ1n) is 7.43. The average molecular weight is 367 g/mol. The summed E-state index contributed by atoms with van der Waals surface area (Å²) in [6, 6.07) is 9.53. The molecule has 0 aliphatic rings. The van der Waals surface area contributed by atoms with Crippen LogP contribution in [0.5, 0.6) is 0 Å². The Balaban J connectivity index is 2.43. The molecule has 0 unspecified atom stereocenters. The van der Waals surface area contributed by atoms with Crippen LogP contribution in [-0.2, 0) is 10.0 Å². The van der Waals surface area contributed by atoms with Crippen LogP contribution in [-0.4, -0.2) is 20.9 Å². The van der Waals surface area contributed by atoms with Crippen LogP contribution >= 0.6 is 11.6 Å². The van der Waals surface area contributed by atoms with E-state index in [1.807, 2.05) is 19.9 Å². The molecule has 0 spiro atoms. The van der Waals surface area contributed by atoms with Crippen molar-refractivity contribution in [2.45, 2.75) is 25.7 Å². The van der Waals surface area contributed by atoms with E-state index in [-0.39, 0.29) is 21.4 Å². The van der Waals surface area contributed by atoms with Gasteiger partial charge in [-0.2, -0.15) is 0 Å². The number of anilines is 1. The van der Waals surface area contributed by atoms with Crippen LogP contribution in [0.25, 0.3) is 0 Å². The molecule has 0 atom stereocenters. The molecule has 128 valence electrons. The highest BCUT2D eigenvalue weighted by atomic mass is 35.5. The summed E-state index contributed by atoms with van der Waals surface area (Å²) in [7, 11) is -3.92. The fourth-order valence-corrected chi connectivity index (χ4v) is 3.82. The number of amides is 1. The number of sulfonamides is 1. The van der Waals surface area contributed by atoms with E-state index < -0.39 is 10.0 Å². The van der Waals surface area contributed by atoms with Gasteiger partial charge in [-0.15, -0.1) is 0 Å². The first-order valence-corrected chi connectivity index (χ1v) is 9.29. The van der Waals surface area contributed by atoms with E-state index in [4.69, 9.17) is 11.6 Å². The second-order valence-electron chi connectivity index (χ2n) is 5.36. The number of carbonyl (C=O) groups is 1. The average Bonchev–Trinajstić information content (AvgIpc) is 2.52. The molecule has 0 saturated heterocycles. The van der Waals surface area contributed by atoms with Crippen molar-refractivity contribution in [3.63, 3.8) is 0 Å². The maximum absolute atomic E-state index is 12.7. The van der Waals surface area contributed by atoms with Gasteiger partial charge in [-0.1, -0.05) is 23.7 Å². The van der Waals surface area contributed by atoms with Crippen molar-refractivity contribution in [3.8, 4) is 0 Å². The lowest BCUT2D eigenvalue weighted by molar-refractivity contribution is 0.0955. The Morgan fingerprint density at radius 3 is 2.54 bits per heavy atom. The van der Waals surface area contributed by atoms with Crippen LogP contribution in [0.4, 0.5) is 5.69 Å². The van der Waals surface area contributed by atoms with Gasteiger partial charge in [-0.3, -0.25) is 9.52 Å². The highest BCUT2D eigenvalue weighted by Crippen LogP contribution is 2.27. The van der Waals surface area contributed by atoms with Crippen molar-refractivity contribution in [1.82, 2.24) is 5.32 Å². The van der Waals surface area contributed by atoms with Crippen molar-refractivity contribution >= 4 is 33.2 Å². The molecule has 2 aromatic carbocycles. The molecule has 2 N–H and O–H groups in total. The van der Waals surface area contributed by atoms with E-state index >= 15 is 0 Å². The van der Waals surface area contributed by atoms with Gasteiger partial charge >= 0.3 is 0 Å². The Kier molecular flexibility index (Phi) is 5.51. The van der Waals surface area contributed by atoms with E-state index in [0.29, 0.717) is 12.2 Å². The molecule has 24 heavy (non-hydrogen) atoms. The quantitative estimate of drug-likeness (QED) is 0.850. The Labute approximate surface area is 147 Å². The van der Waals surface area contributed by atoms with Gasteiger partial charge in [-0.25, -0.2) is 8.42 Å². The maximum atomic E-state index is 12.7. The lowest BCUT2D eigenvalue weighted by Gasteiger charge is -2.14. The van der Waals surface area contributed by atoms with Gasteiger partial charge in [-0.05, 0) is 56.2 Å². The third-order valence-corrected chi connectivity index (χ3v) is 5.52. The third-order valence-electron chi connectivity index (χ3n) is 3.67. The molecule has 1 amide bonds. The SMILES string of the molecule is CCNC(=O)c1ccc(Cl)c(S(=O)(=O)Nc2cccc(C)c2C)c1. The summed E-state index contributed by atoms with van der Waals surface area (Å²) in [5.41, 5.74) is 2.52. The Hall–Kier alpha value is -2.05. The summed E-state index contributed by atoms with van der Waals surface area (Å²) in [6.07, 6.45) is 0. The van der Waals surface area contributed by atoms with Crippen LogP contribution in [0.15, 0.2) is 41.3 Å². The summed E-state index contributed by atoms with van der Waals surface area (Å²) < 4.78 is 27.9. The van der Waals surface area contributed by atoms with Crippen LogP contribution in [0, 0.1) is 13.8 Å². The third kappa shape index (κ3) is 3.88. The first-order chi connectivity index (χ1) is 11.3. The monoisotopic (exact) mass is 366 g/mol. The van der Waals surface area contributed by atoms with Gasteiger partial charge in [0, 0.05) is 12.1 Å². The molecule has 0 aliphatic heterocycles. The maximum Gasteiger partial charge on any atom is 0.263 e. The van der Waals surface area contributed by atoms with Crippen LogP contribution in [0.3, 0.4) is 0 Å².